The van der Waals surface area contributed by atoms with E-state index in [0.717, 1.165) is 10.9 Å². The lowest BCUT2D eigenvalue weighted by Gasteiger charge is -2.12. The van der Waals surface area contributed by atoms with Crippen LogP contribution in [0, 0.1) is 0 Å². The summed E-state index contributed by atoms with van der Waals surface area (Å²) >= 11 is 11.4. The zero-order valence-corrected chi connectivity index (χ0v) is 10.4. The van der Waals surface area contributed by atoms with Gasteiger partial charge in [-0.2, -0.15) is 18.3 Å². The molecule has 2 aromatic rings. The molecule has 0 fully saturated rings. The molecule has 0 aliphatic carbocycles. The van der Waals surface area contributed by atoms with E-state index in [2.05, 4.69) is 5.10 Å². The van der Waals surface area contributed by atoms with Crippen LogP contribution >= 0.6 is 23.2 Å². The summed E-state index contributed by atoms with van der Waals surface area (Å²) in [6, 6.07) is 6.18. The second-order valence-corrected chi connectivity index (χ2v) is 4.19. The van der Waals surface area contributed by atoms with Crippen molar-refractivity contribution in [1.29, 1.82) is 0 Å². The van der Waals surface area contributed by atoms with Gasteiger partial charge in [0.25, 0.3) is 0 Å². The highest BCUT2D eigenvalue weighted by Gasteiger charge is 2.38. The molecule has 0 radical (unpaired) electrons. The molecule has 0 unspecified atom stereocenters. The number of hydrogen-bond acceptors (Lipinski definition) is 1. The minimum Gasteiger partial charge on any atom is -0.227 e. The van der Waals surface area contributed by atoms with Gasteiger partial charge in [0, 0.05) is 5.56 Å². The summed E-state index contributed by atoms with van der Waals surface area (Å²) in [5, 5.41) is 3.90. The Bertz CT molecular complexity index is 564. The van der Waals surface area contributed by atoms with E-state index in [0.29, 0.717) is 0 Å². The summed E-state index contributed by atoms with van der Waals surface area (Å²) in [6.45, 7) is 0. The summed E-state index contributed by atoms with van der Waals surface area (Å²) in [7, 11) is 0. The molecule has 0 saturated heterocycles. The number of hydrogen-bond donors (Lipinski definition) is 0. The zero-order valence-electron chi connectivity index (χ0n) is 8.88. The van der Waals surface area contributed by atoms with E-state index >= 15 is 0 Å². The maximum atomic E-state index is 13.0. The van der Waals surface area contributed by atoms with E-state index in [1.165, 1.54) is 12.1 Å². The van der Waals surface area contributed by atoms with E-state index in [1.54, 1.807) is 12.1 Å². The smallest absolute Gasteiger partial charge is 0.227 e. The van der Waals surface area contributed by atoms with Crippen LogP contribution in [0.15, 0.2) is 30.5 Å². The van der Waals surface area contributed by atoms with Gasteiger partial charge in [-0.3, -0.25) is 0 Å². The summed E-state index contributed by atoms with van der Waals surface area (Å²) in [6.07, 6.45) is -3.45. The fourth-order valence-electron chi connectivity index (χ4n) is 1.59. The minimum absolute atomic E-state index is 0.0795. The van der Waals surface area contributed by atoms with Crippen LogP contribution in [0.3, 0.4) is 0 Å². The van der Waals surface area contributed by atoms with Crippen LogP contribution in [-0.2, 0) is 12.1 Å². The Hall–Kier alpha value is -1.20. The molecular weight excluding hydrogens is 288 g/mol. The van der Waals surface area contributed by atoms with E-state index in [9.17, 15) is 13.2 Å². The van der Waals surface area contributed by atoms with Gasteiger partial charge in [-0.25, -0.2) is 4.68 Å². The fraction of sp³-hybridized carbons (Fsp3) is 0.182. The molecule has 0 saturated carbocycles. The quantitative estimate of drug-likeness (QED) is 0.756. The van der Waals surface area contributed by atoms with Crippen molar-refractivity contribution in [1.82, 2.24) is 9.78 Å². The molecule has 0 atom stereocenters. The highest BCUT2D eigenvalue weighted by Crippen LogP contribution is 2.35. The van der Waals surface area contributed by atoms with Crippen molar-refractivity contribution in [3.05, 3.63) is 46.7 Å². The molecule has 1 aromatic heterocycles. The lowest BCUT2D eigenvalue weighted by Crippen LogP contribution is -2.15. The van der Waals surface area contributed by atoms with E-state index in [-0.39, 0.29) is 22.2 Å². The molecule has 0 aliphatic heterocycles. The lowest BCUT2D eigenvalue weighted by molar-refractivity contribution is -0.143. The molecule has 2 rings (SSSR count). The number of para-hydroxylation sites is 1. The van der Waals surface area contributed by atoms with Crippen molar-refractivity contribution in [2.45, 2.75) is 12.1 Å². The minimum atomic E-state index is -4.54. The Morgan fingerprint density at radius 1 is 1.22 bits per heavy atom. The Kier molecular flexibility index (Phi) is 3.54. The number of nitrogens with zero attached hydrogens (tertiary/aromatic N) is 2. The van der Waals surface area contributed by atoms with Crippen molar-refractivity contribution < 1.29 is 13.2 Å². The summed E-state index contributed by atoms with van der Waals surface area (Å²) in [5.74, 6) is -0.265. The Labute approximate surface area is 111 Å². The molecule has 2 nitrogen and oxygen atoms in total. The highest BCUT2D eigenvalue weighted by molar-refractivity contribution is 6.32. The van der Waals surface area contributed by atoms with Crippen LogP contribution < -0.4 is 0 Å². The summed E-state index contributed by atoms with van der Waals surface area (Å²) < 4.78 is 39.7. The molecule has 0 aliphatic rings. The number of alkyl halides is 4. The van der Waals surface area contributed by atoms with Crippen molar-refractivity contribution in [3.8, 4) is 5.69 Å². The van der Waals surface area contributed by atoms with E-state index in [4.69, 9.17) is 23.2 Å². The first kappa shape index (κ1) is 13.2. The van der Waals surface area contributed by atoms with Crippen LogP contribution in [0.2, 0.25) is 5.02 Å². The monoisotopic (exact) mass is 294 g/mol. The third-order valence-electron chi connectivity index (χ3n) is 2.34. The van der Waals surface area contributed by atoms with E-state index in [1.807, 2.05) is 0 Å². The van der Waals surface area contributed by atoms with Gasteiger partial charge in [0.1, 0.15) is 0 Å². The normalized spacial score (nSPS) is 11.8. The Morgan fingerprint density at radius 2 is 1.89 bits per heavy atom. The molecule has 0 bridgehead atoms. The van der Waals surface area contributed by atoms with Crippen molar-refractivity contribution in [2.75, 3.05) is 0 Å². The number of rotatable bonds is 2. The van der Waals surface area contributed by atoms with Gasteiger partial charge in [0.15, 0.2) is 5.69 Å². The Morgan fingerprint density at radius 3 is 2.44 bits per heavy atom. The average molecular weight is 295 g/mol. The number of benzene rings is 1. The molecule has 96 valence electrons. The molecular formula is C11H7Cl2F3N2. The molecule has 1 aromatic carbocycles. The lowest BCUT2D eigenvalue weighted by atomic mass is 10.2. The van der Waals surface area contributed by atoms with Crippen LogP contribution in [0.5, 0.6) is 0 Å². The molecule has 7 heteroatoms. The average Bonchev–Trinajstić information content (AvgIpc) is 2.73. The number of halogens is 5. The molecule has 0 amide bonds. The third kappa shape index (κ3) is 2.33. The van der Waals surface area contributed by atoms with Crippen LogP contribution in [0.1, 0.15) is 11.3 Å². The standard InChI is InChI=1S/C11H7Cl2F3N2/c12-5-7-6-17-18(10(7)11(14,15)16)9-4-2-1-3-8(9)13/h1-4,6H,5H2. The van der Waals surface area contributed by atoms with Gasteiger partial charge in [-0.15, -0.1) is 11.6 Å². The first-order chi connectivity index (χ1) is 8.45. The summed E-state index contributed by atoms with van der Waals surface area (Å²) in [5.41, 5.74) is -0.808. The SMILES string of the molecule is FC(F)(F)c1c(CCl)cnn1-c1ccccc1Cl. The van der Waals surface area contributed by atoms with Gasteiger partial charge in [-0.1, -0.05) is 23.7 Å². The van der Waals surface area contributed by atoms with Gasteiger partial charge < -0.3 is 0 Å². The molecule has 0 spiro atoms. The van der Waals surface area contributed by atoms with Gasteiger partial charge in [-0.05, 0) is 12.1 Å². The summed E-state index contributed by atoms with van der Waals surface area (Å²) in [4.78, 5) is 0. The third-order valence-corrected chi connectivity index (χ3v) is 2.95. The second-order valence-electron chi connectivity index (χ2n) is 3.51. The van der Waals surface area contributed by atoms with Gasteiger partial charge in [0.05, 0.1) is 22.8 Å². The van der Waals surface area contributed by atoms with Crippen LogP contribution in [0.4, 0.5) is 13.2 Å². The highest BCUT2D eigenvalue weighted by atomic mass is 35.5. The van der Waals surface area contributed by atoms with Crippen LogP contribution in [0.25, 0.3) is 5.69 Å². The predicted octanol–water partition coefficient (Wildman–Crippen LogP) is 4.28. The molecule has 18 heavy (non-hydrogen) atoms. The zero-order chi connectivity index (χ0) is 13.3. The number of aromatic nitrogens is 2. The van der Waals surface area contributed by atoms with Crippen molar-refractivity contribution in [3.63, 3.8) is 0 Å². The predicted molar refractivity (Wildman–Crippen MR) is 63.1 cm³/mol. The largest absolute Gasteiger partial charge is 0.433 e. The maximum absolute atomic E-state index is 13.0. The Balaban J connectivity index is 2.66. The molecule has 1 heterocycles. The van der Waals surface area contributed by atoms with E-state index < -0.39 is 11.9 Å². The topological polar surface area (TPSA) is 17.8 Å². The molecule has 0 N–H and O–H groups in total. The van der Waals surface area contributed by atoms with Crippen LogP contribution in [-0.4, -0.2) is 9.78 Å². The first-order valence-electron chi connectivity index (χ1n) is 4.90. The van der Waals surface area contributed by atoms with Crippen molar-refractivity contribution >= 4 is 23.2 Å². The second kappa shape index (κ2) is 4.82. The van der Waals surface area contributed by atoms with Gasteiger partial charge in [0.2, 0.25) is 0 Å². The van der Waals surface area contributed by atoms with Gasteiger partial charge >= 0.3 is 6.18 Å². The maximum Gasteiger partial charge on any atom is 0.433 e. The van der Waals surface area contributed by atoms with Crippen molar-refractivity contribution in [2.24, 2.45) is 0 Å². The first-order valence-corrected chi connectivity index (χ1v) is 5.81. The fourth-order valence-corrected chi connectivity index (χ4v) is 2.00.